The van der Waals surface area contributed by atoms with Gasteiger partial charge in [0.15, 0.2) is 0 Å². The maximum atomic E-state index is 12.3. The summed E-state index contributed by atoms with van der Waals surface area (Å²) < 4.78 is 0. The van der Waals surface area contributed by atoms with Gasteiger partial charge < -0.3 is 10.6 Å². The Bertz CT molecular complexity index is 642. The molecule has 1 atom stereocenters. The lowest BCUT2D eigenvalue weighted by molar-refractivity contribution is -0.129. The monoisotopic (exact) mass is 283 g/mol. The Balaban J connectivity index is 1.63. The molecule has 21 heavy (non-hydrogen) atoms. The van der Waals surface area contributed by atoms with Gasteiger partial charge in [-0.15, -0.1) is 0 Å². The predicted molar refractivity (Wildman–Crippen MR) is 84.1 cm³/mol. The number of hydrogen-bond donors (Lipinski definition) is 2. The number of hydrogen-bond acceptors (Lipinski definition) is 3. The van der Waals surface area contributed by atoms with Crippen molar-refractivity contribution in [2.24, 2.45) is 5.41 Å². The molecule has 2 N–H and O–H groups in total. The van der Waals surface area contributed by atoms with E-state index in [-0.39, 0.29) is 11.3 Å². The predicted octanol–water partition coefficient (Wildman–Crippen LogP) is 1.89. The van der Waals surface area contributed by atoms with Gasteiger partial charge in [-0.05, 0) is 37.9 Å². The van der Waals surface area contributed by atoms with E-state index in [4.69, 9.17) is 0 Å². The summed E-state index contributed by atoms with van der Waals surface area (Å²) in [6.07, 6.45) is 3.54. The number of pyridine rings is 1. The van der Waals surface area contributed by atoms with Gasteiger partial charge in [0.1, 0.15) is 0 Å². The van der Waals surface area contributed by atoms with E-state index in [0.717, 1.165) is 36.8 Å². The fourth-order valence-electron chi connectivity index (χ4n) is 2.90. The number of nitrogens with zero attached hydrogens (tertiary/aromatic N) is 1. The Hall–Kier alpha value is -1.94. The third kappa shape index (κ3) is 2.90. The smallest absolute Gasteiger partial charge is 0.227 e. The number of carbonyl (C=O) groups is 1. The highest BCUT2D eigenvalue weighted by molar-refractivity contribution is 5.83. The summed E-state index contributed by atoms with van der Waals surface area (Å²) in [5, 5.41) is 7.47. The average molecular weight is 283 g/mol. The number of carbonyl (C=O) groups excluding carboxylic acids is 1. The van der Waals surface area contributed by atoms with E-state index in [9.17, 15) is 4.79 Å². The molecule has 0 spiro atoms. The second-order valence-electron chi connectivity index (χ2n) is 5.99. The van der Waals surface area contributed by atoms with Crippen LogP contribution in [-0.4, -0.2) is 30.5 Å². The van der Waals surface area contributed by atoms with Crippen molar-refractivity contribution in [3.05, 3.63) is 42.1 Å². The van der Waals surface area contributed by atoms with E-state index >= 15 is 0 Å². The summed E-state index contributed by atoms with van der Waals surface area (Å²) in [5.74, 6) is 0.153. The van der Waals surface area contributed by atoms with Gasteiger partial charge in [-0.2, -0.15) is 0 Å². The average Bonchev–Trinajstić information content (AvgIpc) is 2.95. The van der Waals surface area contributed by atoms with Crippen molar-refractivity contribution in [3.8, 4) is 0 Å². The molecule has 1 aromatic heterocycles. The molecule has 0 aliphatic carbocycles. The summed E-state index contributed by atoms with van der Waals surface area (Å²) in [5.41, 5.74) is 1.96. The molecule has 0 radical (unpaired) electrons. The van der Waals surface area contributed by atoms with Crippen LogP contribution in [0.5, 0.6) is 0 Å². The SMILES string of the molecule is CC1(C(=O)NCCc2cccc3cccnc23)CCNC1. The Morgan fingerprint density at radius 2 is 2.24 bits per heavy atom. The lowest BCUT2D eigenvalue weighted by Gasteiger charge is -2.21. The molecule has 1 aromatic carbocycles. The largest absolute Gasteiger partial charge is 0.355 e. The molecule has 110 valence electrons. The number of rotatable bonds is 4. The van der Waals surface area contributed by atoms with Gasteiger partial charge in [-0.25, -0.2) is 0 Å². The van der Waals surface area contributed by atoms with Crippen molar-refractivity contribution in [2.45, 2.75) is 19.8 Å². The maximum absolute atomic E-state index is 12.3. The normalized spacial score (nSPS) is 21.6. The molecule has 2 heterocycles. The summed E-state index contributed by atoms with van der Waals surface area (Å²) in [6, 6.07) is 10.2. The van der Waals surface area contributed by atoms with Crippen molar-refractivity contribution in [2.75, 3.05) is 19.6 Å². The van der Waals surface area contributed by atoms with Crippen LogP contribution in [0.1, 0.15) is 18.9 Å². The molecule has 3 rings (SSSR count). The lowest BCUT2D eigenvalue weighted by Crippen LogP contribution is -2.41. The highest BCUT2D eigenvalue weighted by atomic mass is 16.2. The van der Waals surface area contributed by atoms with Crippen LogP contribution in [0.4, 0.5) is 0 Å². The van der Waals surface area contributed by atoms with Crippen LogP contribution in [0.15, 0.2) is 36.5 Å². The minimum Gasteiger partial charge on any atom is -0.355 e. The zero-order valence-corrected chi connectivity index (χ0v) is 12.4. The molecule has 1 aliphatic rings. The highest BCUT2D eigenvalue weighted by Crippen LogP contribution is 2.24. The van der Waals surface area contributed by atoms with Crippen LogP contribution in [-0.2, 0) is 11.2 Å². The number of nitrogens with one attached hydrogen (secondary N) is 2. The van der Waals surface area contributed by atoms with Crippen LogP contribution in [0, 0.1) is 5.41 Å². The first-order chi connectivity index (χ1) is 10.2. The second kappa shape index (κ2) is 5.82. The molecule has 1 aliphatic heterocycles. The van der Waals surface area contributed by atoms with E-state index in [2.05, 4.69) is 33.8 Å². The first-order valence-corrected chi connectivity index (χ1v) is 7.51. The fraction of sp³-hybridized carbons (Fsp3) is 0.412. The first kappa shape index (κ1) is 14.0. The van der Waals surface area contributed by atoms with Crippen LogP contribution < -0.4 is 10.6 Å². The molecule has 0 bridgehead atoms. The maximum Gasteiger partial charge on any atom is 0.227 e. The summed E-state index contributed by atoms with van der Waals surface area (Å²) in [6.45, 7) is 4.39. The van der Waals surface area contributed by atoms with Crippen LogP contribution >= 0.6 is 0 Å². The van der Waals surface area contributed by atoms with Gasteiger partial charge in [0.25, 0.3) is 0 Å². The number of aromatic nitrogens is 1. The standard InChI is InChI=1S/C17H21N3O/c1-17(8-11-18-12-17)16(21)20-10-7-14-5-2-4-13-6-3-9-19-15(13)14/h2-6,9,18H,7-8,10-12H2,1H3,(H,20,21). The van der Waals surface area contributed by atoms with E-state index in [1.165, 1.54) is 5.56 Å². The van der Waals surface area contributed by atoms with Gasteiger partial charge in [0.05, 0.1) is 10.9 Å². The quantitative estimate of drug-likeness (QED) is 0.901. The van der Waals surface area contributed by atoms with Crippen molar-refractivity contribution < 1.29 is 4.79 Å². The molecular weight excluding hydrogens is 262 g/mol. The lowest BCUT2D eigenvalue weighted by atomic mass is 9.89. The molecule has 1 saturated heterocycles. The topological polar surface area (TPSA) is 54.0 Å². The minimum atomic E-state index is -0.253. The third-order valence-corrected chi connectivity index (χ3v) is 4.31. The zero-order valence-electron chi connectivity index (χ0n) is 12.4. The van der Waals surface area contributed by atoms with Crippen molar-refractivity contribution in [1.29, 1.82) is 0 Å². The third-order valence-electron chi connectivity index (χ3n) is 4.31. The van der Waals surface area contributed by atoms with Crippen molar-refractivity contribution in [3.63, 3.8) is 0 Å². The Morgan fingerprint density at radius 1 is 1.38 bits per heavy atom. The molecule has 4 nitrogen and oxygen atoms in total. The summed E-state index contributed by atoms with van der Waals surface area (Å²) in [7, 11) is 0. The van der Waals surface area contributed by atoms with E-state index < -0.39 is 0 Å². The van der Waals surface area contributed by atoms with Crippen molar-refractivity contribution >= 4 is 16.8 Å². The first-order valence-electron chi connectivity index (χ1n) is 7.51. The molecule has 1 fully saturated rings. The molecule has 0 saturated carbocycles. The second-order valence-corrected chi connectivity index (χ2v) is 5.99. The van der Waals surface area contributed by atoms with Gasteiger partial charge in [-0.3, -0.25) is 9.78 Å². The summed E-state index contributed by atoms with van der Waals surface area (Å²) in [4.78, 5) is 16.7. The van der Waals surface area contributed by atoms with Gasteiger partial charge >= 0.3 is 0 Å². The van der Waals surface area contributed by atoms with Crippen LogP contribution in [0.3, 0.4) is 0 Å². The van der Waals surface area contributed by atoms with Crippen LogP contribution in [0.2, 0.25) is 0 Å². The van der Waals surface area contributed by atoms with E-state index in [1.807, 2.05) is 25.3 Å². The number of para-hydroxylation sites is 1. The number of fused-ring (bicyclic) bond motifs is 1. The Morgan fingerprint density at radius 3 is 3.05 bits per heavy atom. The number of benzene rings is 1. The fourth-order valence-corrected chi connectivity index (χ4v) is 2.90. The number of amides is 1. The van der Waals surface area contributed by atoms with Crippen molar-refractivity contribution in [1.82, 2.24) is 15.6 Å². The van der Waals surface area contributed by atoms with E-state index in [0.29, 0.717) is 6.54 Å². The molecule has 1 amide bonds. The molecular formula is C17H21N3O. The Labute approximate surface area is 125 Å². The van der Waals surface area contributed by atoms with Gasteiger partial charge in [0, 0.05) is 24.7 Å². The van der Waals surface area contributed by atoms with Crippen LogP contribution in [0.25, 0.3) is 10.9 Å². The molecule has 1 unspecified atom stereocenters. The highest BCUT2D eigenvalue weighted by Gasteiger charge is 2.35. The van der Waals surface area contributed by atoms with E-state index in [1.54, 1.807) is 0 Å². The van der Waals surface area contributed by atoms with Gasteiger partial charge in [0.2, 0.25) is 5.91 Å². The summed E-state index contributed by atoms with van der Waals surface area (Å²) >= 11 is 0. The Kier molecular flexibility index (Phi) is 3.88. The minimum absolute atomic E-state index is 0.153. The van der Waals surface area contributed by atoms with Gasteiger partial charge in [-0.1, -0.05) is 24.3 Å². The zero-order chi connectivity index (χ0) is 14.7. The molecule has 2 aromatic rings. The molecule has 4 heteroatoms.